The van der Waals surface area contributed by atoms with E-state index in [1.807, 2.05) is 13.8 Å². The number of hydrogen-bond acceptors (Lipinski definition) is 3. The molecule has 2 N–H and O–H groups in total. The zero-order chi connectivity index (χ0) is 17.7. The van der Waals surface area contributed by atoms with E-state index in [4.69, 9.17) is 5.11 Å². The van der Waals surface area contributed by atoms with E-state index in [2.05, 4.69) is 5.32 Å². The molecule has 1 fully saturated rings. The predicted molar refractivity (Wildman–Crippen MR) is 90.8 cm³/mol. The fourth-order valence-electron chi connectivity index (χ4n) is 2.45. The molecule has 2 amide bonds. The van der Waals surface area contributed by atoms with Crippen LogP contribution in [0.3, 0.4) is 0 Å². The largest absolute Gasteiger partial charge is 0.481 e. The second kappa shape index (κ2) is 7.95. The summed E-state index contributed by atoms with van der Waals surface area (Å²) < 4.78 is 0. The number of anilines is 1. The average Bonchev–Trinajstić information content (AvgIpc) is 3.35. The Morgan fingerprint density at radius 1 is 1.29 bits per heavy atom. The van der Waals surface area contributed by atoms with Crippen LogP contribution in [0.1, 0.15) is 43.5 Å². The van der Waals surface area contributed by atoms with Crippen molar-refractivity contribution in [2.75, 3.05) is 18.4 Å². The molecule has 6 heteroatoms. The van der Waals surface area contributed by atoms with Crippen LogP contribution in [-0.4, -0.2) is 40.9 Å². The van der Waals surface area contributed by atoms with Gasteiger partial charge in [-0.3, -0.25) is 14.4 Å². The molecule has 130 valence electrons. The Bertz CT molecular complexity index is 623. The normalized spacial score (nSPS) is 13.6. The molecular weight excluding hydrogens is 308 g/mol. The number of amides is 2. The molecule has 0 aliphatic heterocycles. The van der Waals surface area contributed by atoms with Gasteiger partial charge in [0.1, 0.15) is 0 Å². The molecule has 2 rings (SSSR count). The molecule has 1 saturated carbocycles. The van der Waals surface area contributed by atoms with Gasteiger partial charge in [0.05, 0.1) is 6.42 Å². The molecule has 0 heterocycles. The first kappa shape index (κ1) is 18.0. The Hall–Kier alpha value is -2.37. The molecule has 0 saturated heterocycles. The topological polar surface area (TPSA) is 86.7 Å². The first-order chi connectivity index (χ1) is 11.4. The second-order valence-corrected chi connectivity index (χ2v) is 6.63. The van der Waals surface area contributed by atoms with E-state index in [1.165, 1.54) is 0 Å². The molecule has 1 aromatic rings. The van der Waals surface area contributed by atoms with Gasteiger partial charge in [-0.25, -0.2) is 0 Å². The molecule has 0 radical (unpaired) electrons. The van der Waals surface area contributed by atoms with Gasteiger partial charge in [-0.05, 0) is 37.0 Å². The zero-order valence-electron chi connectivity index (χ0n) is 14.1. The monoisotopic (exact) mass is 332 g/mol. The SMILES string of the molecule is CC(C)CN(CCC(=O)O)C(=O)c1cccc(NC(=O)C2CC2)c1. The van der Waals surface area contributed by atoms with Gasteiger partial charge in [-0.2, -0.15) is 0 Å². The summed E-state index contributed by atoms with van der Waals surface area (Å²) in [5.41, 5.74) is 1.05. The van der Waals surface area contributed by atoms with Crippen LogP contribution >= 0.6 is 0 Å². The highest BCUT2D eigenvalue weighted by atomic mass is 16.4. The average molecular weight is 332 g/mol. The van der Waals surface area contributed by atoms with Gasteiger partial charge in [0.15, 0.2) is 0 Å². The van der Waals surface area contributed by atoms with Gasteiger partial charge in [0.2, 0.25) is 5.91 Å². The summed E-state index contributed by atoms with van der Waals surface area (Å²) in [6.45, 7) is 4.62. The number of hydrogen-bond donors (Lipinski definition) is 2. The lowest BCUT2D eigenvalue weighted by Gasteiger charge is -2.24. The quantitative estimate of drug-likeness (QED) is 0.766. The van der Waals surface area contributed by atoms with Gasteiger partial charge >= 0.3 is 5.97 Å². The number of benzene rings is 1. The maximum Gasteiger partial charge on any atom is 0.305 e. The fourth-order valence-corrected chi connectivity index (χ4v) is 2.45. The number of carboxylic acids is 1. The van der Waals surface area contributed by atoms with Crippen molar-refractivity contribution in [3.05, 3.63) is 29.8 Å². The predicted octanol–water partition coefficient (Wildman–Crippen LogP) is 2.61. The van der Waals surface area contributed by atoms with E-state index in [9.17, 15) is 14.4 Å². The highest BCUT2D eigenvalue weighted by Crippen LogP contribution is 2.30. The maximum atomic E-state index is 12.7. The third-order valence-corrected chi connectivity index (χ3v) is 3.79. The van der Waals surface area contributed by atoms with Crippen molar-refractivity contribution in [1.29, 1.82) is 0 Å². The number of carbonyl (C=O) groups is 3. The van der Waals surface area contributed by atoms with E-state index in [0.717, 1.165) is 12.8 Å². The number of aliphatic carboxylic acids is 1. The van der Waals surface area contributed by atoms with Crippen molar-refractivity contribution in [2.24, 2.45) is 11.8 Å². The molecule has 0 unspecified atom stereocenters. The zero-order valence-corrected chi connectivity index (χ0v) is 14.1. The van der Waals surface area contributed by atoms with Crippen molar-refractivity contribution >= 4 is 23.5 Å². The van der Waals surface area contributed by atoms with Gasteiger partial charge in [-0.1, -0.05) is 19.9 Å². The van der Waals surface area contributed by atoms with Crippen LogP contribution < -0.4 is 5.32 Å². The van der Waals surface area contributed by atoms with Crippen LogP contribution in [0.25, 0.3) is 0 Å². The Balaban J connectivity index is 2.09. The van der Waals surface area contributed by atoms with Crippen molar-refractivity contribution < 1.29 is 19.5 Å². The Morgan fingerprint density at radius 3 is 2.58 bits per heavy atom. The number of carbonyl (C=O) groups excluding carboxylic acids is 2. The molecule has 0 bridgehead atoms. The highest BCUT2D eigenvalue weighted by Gasteiger charge is 2.29. The fraction of sp³-hybridized carbons (Fsp3) is 0.500. The molecule has 1 aliphatic carbocycles. The van der Waals surface area contributed by atoms with Crippen molar-refractivity contribution in [3.63, 3.8) is 0 Å². The lowest BCUT2D eigenvalue weighted by molar-refractivity contribution is -0.137. The number of nitrogens with one attached hydrogen (secondary N) is 1. The lowest BCUT2D eigenvalue weighted by atomic mass is 10.1. The summed E-state index contributed by atoms with van der Waals surface area (Å²) in [7, 11) is 0. The molecule has 0 atom stereocenters. The summed E-state index contributed by atoms with van der Waals surface area (Å²) in [5.74, 6) is -0.822. The summed E-state index contributed by atoms with van der Waals surface area (Å²) in [6.07, 6.45) is 1.75. The minimum Gasteiger partial charge on any atom is -0.481 e. The summed E-state index contributed by atoms with van der Waals surface area (Å²) in [4.78, 5) is 36.9. The van der Waals surface area contributed by atoms with Crippen LogP contribution in [0.15, 0.2) is 24.3 Å². The van der Waals surface area contributed by atoms with E-state index in [1.54, 1.807) is 29.2 Å². The standard InChI is InChI=1S/C18H24N2O4/c1-12(2)11-20(9-8-16(21)22)18(24)14-4-3-5-15(10-14)19-17(23)13-6-7-13/h3-5,10,12-13H,6-9,11H2,1-2H3,(H,19,23)(H,21,22). The first-order valence-electron chi connectivity index (χ1n) is 8.29. The van der Waals surface area contributed by atoms with Crippen molar-refractivity contribution in [2.45, 2.75) is 33.1 Å². The molecule has 1 aromatic carbocycles. The lowest BCUT2D eigenvalue weighted by Crippen LogP contribution is -2.36. The summed E-state index contributed by atoms with van der Waals surface area (Å²) in [5, 5.41) is 11.7. The van der Waals surface area contributed by atoms with E-state index in [0.29, 0.717) is 17.8 Å². The van der Waals surface area contributed by atoms with Crippen LogP contribution in [0.2, 0.25) is 0 Å². The Kier molecular flexibility index (Phi) is 5.95. The van der Waals surface area contributed by atoms with Crippen molar-refractivity contribution in [3.8, 4) is 0 Å². The smallest absolute Gasteiger partial charge is 0.305 e. The third kappa shape index (κ3) is 5.37. The number of rotatable bonds is 8. The first-order valence-corrected chi connectivity index (χ1v) is 8.29. The third-order valence-electron chi connectivity index (χ3n) is 3.79. The highest BCUT2D eigenvalue weighted by molar-refractivity contribution is 5.98. The van der Waals surface area contributed by atoms with E-state index < -0.39 is 5.97 Å². The minimum absolute atomic E-state index is 0.00971. The molecule has 0 spiro atoms. The van der Waals surface area contributed by atoms with Crippen molar-refractivity contribution in [1.82, 2.24) is 4.90 Å². The van der Waals surface area contributed by atoms with E-state index >= 15 is 0 Å². The number of carboxylic acid groups (broad SMARTS) is 1. The summed E-state index contributed by atoms with van der Waals surface area (Å²) in [6, 6.07) is 6.81. The van der Waals surface area contributed by atoms with Crippen LogP contribution in [0.4, 0.5) is 5.69 Å². The maximum absolute atomic E-state index is 12.7. The molecular formula is C18H24N2O4. The Labute approximate surface area is 141 Å². The molecule has 24 heavy (non-hydrogen) atoms. The van der Waals surface area contributed by atoms with Gasteiger partial charge in [-0.15, -0.1) is 0 Å². The Morgan fingerprint density at radius 2 is 2.00 bits per heavy atom. The minimum atomic E-state index is -0.929. The van der Waals surface area contributed by atoms with Gasteiger partial charge in [0, 0.05) is 30.3 Å². The molecule has 0 aromatic heterocycles. The van der Waals surface area contributed by atoms with Crippen LogP contribution in [0, 0.1) is 11.8 Å². The van der Waals surface area contributed by atoms with E-state index in [-0.39, 0.29) is 36.6 Å². The van der Waals surface area contributed by atoms with Gasteiger partial charge < -0.3 is 15.3 Å². The van der Waals surface area contributed by atoms with Crippen LogP contribution in [0.5, 0.6) is 0 Å². The second-order valence-electron chi connectivity index (χ2n) is 6.63. The summed E-state index contributed by atoms with van der Waals surface area (Å²) >= 11 is 0. The molecule has 6 nitrogen and oxygen atoms in total. The number of nitrogens with zero attached hydrogens (tertiary/aromatic N) is 1. The molecule has 1 aliphatic rings. The van der Waals surface area contributed by atoms with Gasteiger partial charge in [0.25, 0.3) is 5.91 Å². The van der Waals surface area contributed by atoms with Crippen LogP contribution in [-0.2, 0) is 9.59 Å².